The summed E-state index contributed by atoms with van der Waals surface area (Å²) in [6.45, 7) is 0.529. The maximum atomic E-state index is 11.1. The average molecular weight is 247 g/mol. The predicted octanol–water partition coefficient (Wildman–Crippen LogP) is 1.58. The van der Waals surface area contributed by atoms with Crippen molar-refractivity contribution in [1.82, 2.24) is 9.78 Å². The summed E-state index contributed by atoms with van der Waals surface area (Å²) in [6.07, 6.45) is 7.11. The summed E-state index contributed by atoms with van der Waals surface area (Å²) in [5, 5.41) is 5.20. The monoisotopic (exact) mass is 247 g/mol. The summed E-state index contributed by atoms with van der Waals surface area (Å²) in [4.78, 5) is 12.6. The van der Waals surface area contributed by atoms with Crippen LogP contribution in [-0.2, 0) is 4.74 Å². The minimum Gasteiger partial charge on any atom is -0.497 e. The molecule has 86 valence electrons. The number of carbonyl (C=O) groups is 1. The highest BCUT2D eigenvalue weighted by molar-refractivity contribution is 7.20. The first-order valence-corrected chi connectivity index (χ1v) is 5.83. The van der Waals surface area contributed by atoms with Crippen LogP contribution < -0.4 is 5.73 Å². The van der Waals surface area contributed by atoms with Gasteiger partial charge in [-0.2, -0.15) is 5.10 Å². The average Bonchev–Trinajstić information content (AvgIpc) is 2.89. The summed E-state index contributed by atoms with van der Waals surface area (Å²) in [5.41, 5.74) is 6.19. The van der Waals surface area contributed by atoms with Gasteiger partial charge in [0, 0.05) is 5.39 Å². The molecule has 1 amide bonds. The molecule has 6 heteroatoms. The molecule has 0 unspecified atom stereocenters. The molecule has 0 radical (unpaired) electrons. The second-order valence-electron chi connectivity index (χ2n) is 3.56. The molecule has 0 aromatic carbocycles. The van der Waals surface area contributed by atoms with Crippen LogP contribution in [0.5, 0.6) is 0 Å². The quantitative estimate of drug-likeness (QED) is 0.875. The Morgan fingerprint density at radius 1 is 1.59 bits per heavy atom. The smallest absolute Gasteiger partial charge is 0.258 e. The third-order valence-corrected chi connectivity index (χ3v) is 3.60. The maximum Gasteiger partial charge on any atom is 0.258 e. The molecular weight excluding hydrogens is 238 g/mol. The van der Waals surface area contributed by atoms with Gasteiger partial charge < -0.3 is 10.5 Å². The largest absolute Gasteiger partial charge is 0.497 e. The standard InChI is InChI=1S/C11H9N3O2S/c12-10(15)9-5-7-6-13-14(11(7)17-9)8-1-3-16-4-2-8/h1-3,5-6H,4H2,(H2,12,15). The molecule has 2 N–H and O–H groups in total. The number of aromatic nitrogens is 2. The Morgan fingerprint density at radius 3 is 3.18 bits per heavy atom. The number of hydrogen-bond acceptors (Lipinski definition) is 4. The summed E-state index contributed by atoms with van der Waals surface area (Å²) < 4.78 is 6.87. The molecule has 17 heavy (non-hydrogen) atoms. The molecule has 5 nitrogen and oxygen atoms in total. The lowest BCUT2D eigenvalue weighted by molar-refractivity contribution is 0.100. The van der Waals surface area contributed by atoms with Crippen molar-refractivity contribution < 1.29 is 9.53 Å². The third-order valence-electron chi connectivity index (χ3n) is 2.46. The van der Waals surface area contributed by atoms with Crippen molar-refractivity contribution in [1.29, 1.82) is 0 Å². The predicted molar refractivity (Wildman–Crippen MR) is 65.5 cm³/mol. The molecule has 0 spiro atoms. The molecule has 2 aromatic rings. The highest BCUT2D eigenvalue weighted by atomic mass is 32.1. The number of ether oxygens (including phenoxy) is 1. The van der Waals surface area contributed by atoms with Crippen molar-refractivity contribution in [3.63, 3.8) is 0 Å². The van der Waals surface area contributed by atoms with Crippen LogP contribution in [-0.4, -0.2) is 22.3 Å². The van der Waals surface area contributed by atoms with Crippen LogP contribution in [0.3, 0.4) is 0 Å². The summed E-state index contributed by atoms with van der Waals surface area (Å²) in [7, 11) is 0. The highest BCUT2D eigenvalue weighted by Crippen LogP contribution is 2.27. The molecule has 0 atom stereocenters. The van der Waals surface area contributed by atoms with E-state index in [1.54, 1.807) is 23.2 Å². The van der Waals surface area contributed by atoms with Gasteiger partial charge in [0.15, 0.2) is 0 Å². The van der Waals surface area contributed by atoms with Crippen molar-refractivity contribution in [2.75, 3.05) is 6.61 Å². The van der Waals surface area contributed by atoms with E-state index in [4.69, 9.17) is 10.5 Å². The lowest BCUT2D eigenvalue weighted by Gasteiger charge is -2.07. The van der Waals surface area contributed by atoms with Gasteiger partial charge in [0.25, 0.3) is 5.91 Å². The second-order valence-corrected chi connectivity index (χ2v) is 4.59. The number of fused-ring (bicyclic) bond motifs is 1. The van der Waals surface area contributed by atoms with E-state index < -0.39 is 5.91 Å². The minimum absolute atomic E-state index is 0.408. The Hall–Kier alpha value is -2.08. The molecule has 3 rings (SSSR count). The number of amides is 1. The molecule has 2 aromatic heterocycles. The number of nitrogens with two attached hydrogens (primary N) is 1. The minimum atomic E-state index is -0.408. The zero-order chi connectivity index (χ0) is 11.8. The van der Waals surface area contributed by atoms with Crippen LogP contribution in [0.2, 0.25) is 0 Å². The number of nitrogens with zero attached hydrogens (tertiary/aromatic N) is 2. The Kier molecular flexibility index (Phi) is 2.22. The van der Waals surface area contributed by atoms with E-state index in [0.717, 1.165) is 15.9 Å². The first kappa shape index (κ1) is 10.1. The van der Waals surface area contributed by atoms with Gasteiger partial charge in [0.2, 0.25) is 0 Å². The maximum absolute atomic E-state index is 11.1. The molecule has 3 heterocycles. The van der Waals surface area contributed by atoms with E-state index in [9.17, 15) is 4.79 Å². The summed E-state index contributed by atoms with van der Waals surface area (Å²) >= 11 is 1.34. The van der Waals surface area contributed by atoms with Crippen molar-refractivity contribution in [2.45, 2.75) is 0 Å². The number of thiophene rings is 1. The highest BCUT2D eigenvalue weighted by Gasteiger charge is 2.13. The molecule has 0 saturated heterocycles. The molecule has 0 aliphatic carbocycles. The van der Waals surface area contributed by atoms with Crippen LogP contribution in [0.25, 0.3) is 15.9 Å². The molecular formula is C11H9N3O2S. The fraction of sp³-hybridized carbons (Fsp3) is 0.0909. The van der Waals surface area contributed by atoms with Crippen molar-refractivity contribution in [3.05, 3.63) is 35.6 Å². The first-order valence-electron chi connectivity index (χ1n) is 5.02. The van der Waals surface area contributed by atoms with E-state index in [1.807, 2.05) is 12.2 Å². The molecule has 0 fully saturated rings. The summed E-state index contributed by atoms with van der Waals surface area (Å²) in [6, 6.07) is 1.76. The van der Waals surface area contributed by atoms with Crippen molar-refractivity contribution in [3.8, 4) is 0 Å². The zero-order valence-electron chi connectivity index (χ0n) is 8.79. The van der Waals surface area contributed by atoms with Crippen LogP contribution in [0, 0.1) is 0 Å². The van der Waals surface area contributed by atoms with E-state index in [-0.39, 0.29) is 0 Å². The Morgan fingerprint density at radius 2 is 2.47 bits per heavy atom. The number of rotatable bonds is 2. The van der Waals surface area contributed by atoms with E-state index in [2.05, 4.69) is 5.10 Å². The lowest BCUT2D eigenvalue weighted by atomic mass is 10.3. The van der Waals surface area contributed by atoms with Crippen LogP contribution in [0.15, 0.2) is 30.7 Å². The van der Waals surface area contributed by atoms with Crippen LogP contribution in [0.4, 0.5) is 0 Å². The number of carbonyl (C=O) groups excluding carboxylic acids is 1. The zero-order valence-corrected chi connectivity index (χ0v) is 9.61. The molecule has 1 aliphatic rings. The van der Waals surface area contributed by atoms with Gasteiger partial charge in [0.05, 0.1) is 23.0 Å². The topological polar surface area (TPSA) is 70.1 Å². The summed E-state index contributed by atoms with van der Waals surface area (Å²) in [5.74, 6) is -0.408. The van der Waals surface area contributed by atoms with Gasteiger partial charge in [-0.05, 0) is 18.2 Å². The number of hydrogen-bond donors (Lipinski definition) is 1. The Bertz CT molecular complexity index is 651. The van der Waals surface area contributed by atoms with Crippen molar-refractivity contribution in [2.24, 2.45) is 5.73 Å². The van der Waals surface area contributed by atoms with Gasteiger partial charge in [0.1, 0.15) is 11.4 Å². The molecule has 1 aliphatic heterocycles. The van der Waals surface area contributed by atoms with Gasteiger partial charge in [-0.15, -0.1) is 11.3 Å². The molecule has 0 bridgehead atoms. The van der Waals surface area contributed by atoms with Gasteiger partial charge >= 0.3 is 0 Å². The van der Waals surface area contributed by atoms with E-state index in [0.29, 0.717) is 11.5 Å². The third kappa shape index (κ3) is 1.62. The molecule has 0 saturated carbocycles. The van der Waals surface area contributed by atoms with Crippen LogP contribution in [0.1, 0.15) is 9.67 Å². The van der Waals surface area contributed by atoms with Gasteiger partial charge in [-0.25, -0.2) is 4.68 Å². The normalized spacial score (nSPS) is 14.7. The number of allylic oxidation sites excluding steroid dienone is 2. The lowest BCUT2D eigenvalue weighted by Crippen LogP contribution is -2.08. The van der Waals surface area contributed by atoms with Crippen LogP contribution >= 0.6 is 11.3 Å². The Labute approximate surface area is 101 Å². The first-order chi connectivity index (χ1) is 8.25. The van der Waals surface area contributed by atoms with Crippen molar-refractivity contribution >= 4 is 33.2 Å². The number of primary amides is 1. The van der Waals surface area contributed by atoms with Gasteiger partial charge in [-0.1, -0.05) is 0 Å². The fourth-order valence-electron chi connectivity index (χ4n) is 1.66. The Balaban J connectivity index is 2.13. The fourth-order valence-corrected chi connectivity index (χ4v) is 2.63. The SMILES string of the molecule is NC(=O)c1cc2cnn(C3=CCOC=C3)c2s1. The second kappa shape index (κ2) is 3.74. The van der Waals surface area contributed by atoms with E-state index >= 15 is 0 Å². The van der Waals surface area contributed by atoms with Gasteiger partial charge in [-0.3, -0.25) is 4.79 Å². The van der Waals surface area contributed by atoms with E-state index in [1.165, 1.54) is 11.3 Å².